The highest BCUT2D eigenvalue weighted by molar-refractivity contribution is 7.80. The van der Waals surface area contributed by atoms with Gasteiger partial charge in [-0.25, -0.2) is 0 Å². The van der Waals surface area contributed by atoms with E-state index in [4.69, 9.17) is 19.9 Å². The van der Waals surface area contributed by atoms with E-state index >= 15 is 0 Å². The van der Waals surface area contributed by atoms with Crippen molar-refractivity contribution in [1.29, 1.82) is 0 Å². The van der Waals surface area contributed by atoms with Gasteiger partial charge >= 0.3 is 0 Å². The van der Waals surface area contributed by atoms with Crippen molar-refractivity contribution in [3.05, 3.63) is 17.7 Å². The molecule has 0 unspecified atom stereocenters. The predicted octanol–water partition coefficient (Wildman–Crippen LogP) is 0.880. The molecule has 3 N–H and O–H groups in total. The summed E-state index contributed by atoms with van der Waals surface area (Å²) in [6.07, 6.45) is 1.53. The zero-order chi connectivity index (χ0) is 13.5. The Morgan fingerprint density at radius 3 is 2.39 bits per heavy atom. The molecule has 0 radical (unpaired) electrons. The van der Waals surface area contributed by atoms with Gasteiger partial charge in [-0.2, -0.15) is 5.10 Å². The number of nitrogens with zero attached hydrogens (tertiary/aromatic N) is 1. The Morgan fingerprint density at radius 2 is 1.89 bits per heavy atom. The molecule has 0 saturated heterocycles. The smallest absolute Gasteiger partial charge is 0.203 e. The fourth-order valence-electron chi connectivity index (χ4n) is 1.39. The Balaban J connectivity index is 3.12. The quantitative estimate of drug-likeness (QED) is 0.469. The highest BCUT2D eigenvalue weighted by atomic mass is 32.1. The van der Waals surface area contributed by atoms with Crippen molar-refractivity contribution < 1.29 is 14.2 Å². The molecule has 0 bridgehead atoms. The zero-order valence-corrected chi connectivity index (χ0v) is 11.2. The van der Waals surface area contributed by atoms with Gasteiger partial charge in [0.1, 0.15) is 0 Å². The molecule has 0 atom stereocenters. The summed E-state index contributed by atoms with van der Waals surface area (Å²) in [5.74, 6) is 1.60. The molecule has 98 valence electrons. The van der Waals surface area contributed by atoms with Crippen LogP contribution in [0.4, 0.5) is 0 Å². The van der Waals surface area contributed by atoms with Gasteiger partial charge in [0.25, 0.3) is 0 Å². The minimum Gasteiger partial charge on any atom is -0.493 e. The molecule has 0 aromatic heterocycles. The van der Waals surface area contributed by atoms with Gasteiger partial charge in [-0.15, -0.1) is 0 Å². The lowest BCUT2D eigenvalue weighted by Crippen LogP contribution is -2.24. The Kier molecular flexibility index (Phi) is 5.19. The average Bonchev–Trinajstić information content (AvgIpc) is 2.37. The topological polar surface area (TPSA) is 78.1 Å². The molecule has 1 aromatic rings. The molecule has 0 saturated carbocycles. The maximum absolute atomic E-state index is 5.28. The summed E-state index contributed by atoms with van der Waals surface area (Å²) in [5.41, 5.74) is 8.43. The van der Waals surface area contributed by atoms with Crippen LogP contribution in [0.25, 0.3) is 0 Å². The van der Waals surface area contributed by atoms with Crippen molar-refractivity contribution in [1.82, 2.24) is 5.43 Å². The molecule has 0 aliphatic carbocycles. The van der Waals surface area contributed by atoms with Crippen LogP contribution < -0.4 is 25.4 Å². The number of rotatable bonds is 5. The number of hydrazone groups is 1. The number of nitrogens with two attached hydrogens (primary N) is 1. The molecule has 7 heteroatoms. The van der Waals surface area contributed by atoms with Crippen LogP contribution in [-0.2, 0) is 0 Å². The van der Waals surface area contributed by atoms with Crippen molar-refractivity contribution >= 4 is 23.5 Å². The highest BCUT2D eigenvalue weighted by Crippen LogP contribution is 2.38. The van der Waals surface area contributed by atoms with E-state index in [0.717, 1.165) is 0 Å². The van der Waals surface area contributed by atoms with Crippen LogP contribution in [0.2, 0.25) is 0 Å². The molecule has 0 aliphatic rings. The summed E-state index contributed by atoms with van der Waals surface area (Å²) in [5, 5.41) is 3.95. The molecule has 1 aromatic carbocycles. The Morgan fingerprint density at radius 1 is 1.22 bits per heavy atom. The first-order chi connectivity index (χ1) is 8.63. The first-order valence-electron chi connectivity index (χ1n) is 5.01. The van der Waals surface area contributed by atoms with Gasteiger partial charge < -0.3 is 19.9 Å². The van der Waals surface area contributed by atoms with E-state index in [9.17, 15) is 0 Å². The maximum Gasteiger partial charge on any atom is 0.203 e. The van der Waals surface area contributed by atoms with E-state index in [1.54, 1.807) is 19.2 Å². The van der Waals surface area contributed by atoms with Crippen LogP contribution in [-0.4, -0.2) is 32.7 Å². The summed E-state index contributed by atoms with van der Waals surface area (Å²) in [6.45, 7) is 0. The van der Waals surface area contributed by atoms with Gasteiger partial charge in [-0.05, 0) is 24.4 Å². The van der Waals surface area contributed by atoms with Crippen LogP contribution in [0.15, 0.2) is 17.2 Å². The van der Waals surface area contributed by atoms with Gasteiger partial charge in [-0.1, -0.05) is 0 Å². The van der Waals surface area contributed by atoms with Crippen LogP contribution in [0, 0.1) is 0 Å². The Labute approximate surface area is 111 Å². The van der Waals surface area contributed by atoms with Crippen molar-refractivity contribution in [2.75, 3.05) is 21.3 Å². The van der Waals surface area contributed by atoms with Crippen LogP contribution in [0.3, 0.4) is 0 Å². The first-order valence-corrected chi connectivity index (χ1v) is 5.42. The van der Waals surface area contributed by atoms with Crippen molar-refractivity contribution in [3.63, 3.8) is 0 Å². The largest absolute Gasteiger partial charge is 0.493 e. The van der Waals surface area contributed by atoms with Crippen molar-refractivity contribution in [3.8, 4) is 17.2 Å². The lowest BCUT2D eigenvalue weighted by atomic mass is 10.2. The number of hydrogen-bond donors (Lipinski definition) is 2. The second-order valence-corrected chi connectivity index (χ2v) is 3.60. The molecular weight excluding hydrogens is 254 g/mol. The van der Waals surface area contributed by atoms with Gasteiger partial charge in [-0.3, -0.25) is 5.43 Å². The number of ether oxygens (including phenoxy) is 3. The third kappa shape index (κ3) is 3.24. The fraction of sp³-hybridized carbons (Fsp3) is 0.273. The molecular formula is C11H15N3O3S. The predicted molar refractivity (Wildman–Crippen MR) is 73.6 cm³/mol. The summed E-state index contributed by atoms with van der Waals surface area (Å²) in [7, 11) is 4.63. The number of nitrogens with one attached hydrogen (secondary N) is 1. The standard InChI is InChI=1S/C11H15N3O3S/c1-15-8-5-4-7(6-13-14-11(12)18)9(16-2)10(8)17-3/h4-6H,1-3H3,(H3,12,14,18). The van der Waals surface area contributed by atoms with E-state index < -0.39 is 0 Å². The minimum absolute atomic E-state index is 0.0886. The third-order valence-corrected chi connectivity index (χ3v) is 2.20. The SMILES string of the molecule is COc1ccc(C=NNC(N)=S)c(OC)c1OC. The zero-order valence-electron chi connectivity index (χ0n) is 10.4. The first kappa shape index (κ1) is 14.0. The lowest BCUT2D eigenvalue weighted by Gasteiger charge is -2.13. The van der Waals surface area contributed by atoms with Crippen molar-refractivity contribution in [2.45, 2.75) is 0 Å². The van der Waals surface area contributed by atoms with E-state index in [0.29, 0.717) is 22.8 Å². The van der Waals surface area contributed by atoms with Gasteiger partial charge in [0.15, 0.2) is 16.6 Å². The van der Waals surface area contributed by atoms with Crippen LogP contribution in [0.1, 0.15) is 5.56 Å². The number of methoxy groups -OCH3 is 3. The molecule has 6 nitrogen and oxygen atoms in total. The van der Waals surface area contributed by atoms with E-state index in [-0.39, 0.29) is 5.11 Å². The van der Waals surface area contributed by atoms with E-state index in [1.165, 1.54) is 20.4 Å². The summed E-state index contributed by atoms with van der Waals surface area (Å²) < 4.78 is 15.7. The van der Waals surface area contributed by atoms with E-state index in [1.807, 2.05) is 0 Å². The van der Waals surface area contributed by atoms with Gasteiger partial charge in [0, 0.05) is 5.56 Å². The van der Waals surface area contributed by atoms with Gasteiger partial charge in [0.2, 0.25) is 5.75 Å². The number of benzene rings is 1. The maximum atomic E-state index is 5.28. The second kappa shape index (κ2) is 6.65. The molecule has 0 fully saturated rings. The molecule has 18 heavy (non-hydrogen) atoms. The van der Waals surface area contributed by atoms with Crippen molar-refractivity contribution in [2.24, 2.45) is 10.8 Å². The Bertz CT molecular complexity index is 463. The second-order valence-electron chi connectivity index (χ2n) is 3.16. The monoisotopic (exact) mass is 269 g/mol. The lowest BCUT2D eigenvalue weighted by molar-refractivity contribution is 0.324. The molecule has 0 aliphatic heterocycles. The average molecular weight is 269 g/mol. The molecule has 1 rings (SSSR count). The number of hydrogen-bond acceptors (Lipinski definition) is 5. The highest BCUT2D eigenvalue weighted by Gasteiger charge is 2.14. The fourth-order valence-corrected chi connectivity index (χ4v) is 1.44. The molecule has 0 spiro atoms. The third-order valence-electron chi connectivity index (χ3n) is 2.11. The Hall–Kier alpha value is -2.02. The number of thiocarbonyl (C=S) groups is 1. The van der Waals surface area contributed by atoms with E-state index in [2.05, 4.69) is 22.7 Å². The van der Waals surface area contributed by atoms with Gasteiger partial charge in [0.05, 0.1) is 27.5 Å². The normalized spacial score (nSPS) is 10.2. The van der Waals surface area contributed by atoms with Crippen LogP contribution >= 0.6 is 12.2 Å². The summed E-state index contributed by atoms with van der Waals surface area (Å²) in [4.78, 5) is 0. The molecule has 0 amide bonds. The summed E-state index contributed by atoms with van der Waals surface area (Å²) >= 11 is 4.64. The minimum atomic E-state index is 0.0886. The summed E-state index contributed by atoms with van der Waals surface area (Å²) in [6, 6.07) is 3.54. The molecule has 0 heterocycles. The van der Waals surface area contributed by atoms with Crippen LogP contribution in [0.5, 0.6) is 17.2 Å².